The summed E-state index contributed by atoms with van der Waals surface area (Å²) in [6.07, 6.45) is 2.56. The molecule has 170 valence electrons. The van der Waals surface area contributed by atoms with E-state index >= 15 is 0 Å². The first-order valence-electron chi connectivity index (χ1n) is 10.3. The summed E-state index contributed by atoms with van der Waals surface area (Å²) in [6.45, 7) is 7.77. The molecule has 4 rings (SSSR count). The Morgan fingerprint density at radius 2 is 1.58 bits per heavy atom. The predicted octanol–water partition coefficient (Wildman–Crippen LogP) is 3.42. The number of aromatic nitrogens is 1. The highest BCUT2D eigenvalue weighted by atomic mass is 32.2. The van der Waals surface area contributed by atoms with Crippen molar-refractivity contribution >= 4 is 33.2 Å². The second-order valence-electron chi connectivity index (χ2n) is 8.95. The maximum absolute atomic E-state index is 13.2. The van der Waals surface area contributed by atoms with E-state index in [-0.39, 0.29) is 32.8 Å². The van der Waals surface area contributed by atoms with Crippen LogP contribution in [0.5, 0.6) is 0 Å². The summed E-state index contributed by atoms with van der Waals surface area (Å²) in [4.78, 5) is 27.3. The molecule has 0 unspecified atom stereocenters. The van der Waals surface area contributed by atoms with Gasteiger partial charge in [0.2, 0.25) is 12.4 Å². The number of benzene rings is 2. The molecule has 0 spiro atoms. The van der Waals surface area contributed by atoms with Crippen LogP contribution in [0.2, 0.25) is 0 Å². The predicted molar refractivity (Wildman–Crippen MR) is 122 cm³/mol. The van der Waals surface area contributed by atoms with Crippen molar-refractivity contribution in [3.63, 3.8) is 0 Å². The maximum atomic E-state index is 13.2. The van der Waals surface area contributed by atoms with Gasteiger partial charge in [0, 0.05) is 10.8 Å². The molecule has 0 saturated carbocycles. The third-order valence-electron chi connectivity index (χ3n) is 5.55. The third-order valence-corrected chi connectivity index (χ3v) is 6.93. The second kappa shape index (κ2) is 7.70. The number of hydrogen-bond acceptors (Lipinski definition) is 5. The number of aryl methyl sites for hydroxylation is 1. The average molecular weight is 467 g/mol. The molecule has 0 saturated heterocycles. The van der Waals surface area contributed by atoms with Gasteiger partial charge in [-0.1, -0.05) is 39.0 Å². The summed E-state index contributed by atoms with van der Waals surface area (Å²) >= 11 is 0. The molecule has 33 heavy (non-hydrogen) atoms. The van der Waals surface area contributed by atoms with Gasteiger partial charge in [-0.05, 0) is 47.7 Å². The zero-order chi connectivity index (χ0) is 24.1. The Morgan fingerprint density at radius 3 is 2.18 bits per heavy atom. The van der Waals surface area contributed by atoms with Gasteiger partial charge in [-0.25, -0.2) is 13.3 Å². The Kier molecular flexibility index (Phi) is 5.24. The second-order valence-corrected chi connectivity index (χ2v) is 10.6. The molecule has 1 aliphatic heterocycles. The van der Waals surface area contributed by atoms with Crippen LogP contribution < -0.4 is 14.4 Å². The van der Waals surface area contributed by atoms with E-state index in [1.54, 1.807) is 25.1 Å². The van der Waals surface area contributed by atoms with Gasteiger partial charge < -0.3 is 0 Å². The summed E-state index contributed by atoms with van der Waals surface area (Å²) in [5.74, 6) is -1.26. The molecule has 1 aliphatic rings. The van der Waals surface area contributed by atoms with Crippen LogP contribution in [0, 0.1) is 6.92 Å². The van der Waals surface area contributed by atoms with Crippen LogP contribution in [-0.2, 0) is 15.4 Å². The molecule has 2 heterocycles. The van der Waals surface area contributed by atoms with E-state index in [9.17, 15) is 23.2 Å². The number of sulfonamides is 1. The molecule has 0 atom stereocenters. The van der Waals surface area contributed by atoms with Crippen LogP contribution in [0.1, 0.15) is 52.6 Å². The molecule has 1 aromatic heterocycles. The number of carbonyl (C=O) groups is 2. The van der Waals surface area contributed by atoms with Gasteiger partial charge in [-0.15, -0.1) is 0 Å². The van der Waals surface area contributed by atoms with Gasteiger partial charge in [0.25, 0.3) is 21.8 Å². The lowest BCUT2D eigenvalue weighted by molar-refractivity contribution is -0.904. The van der Waals surface area contributed by atoms with Crippen LogP contribution in [0.25, 0.3) is 0 Å². The SMILES string of the molecule is Cc1ccc(NS(=O)(=O)c2ccc(C(C)(C)C)cc2)c2c1C(=O)N(c1ccc[n+](O)c1)C2=O. The van der Waals surface area contributed by atoms with Crippen molar-refractivity contribution in [1.29, 1.82) is 0 Å². The first-order valence-corrected chi connectivity index (χ1v) is 11.7. The lowest BCUT2D eigenvalue weighted by atomic mass is 9.87. The fourth-order valence-electron chi connectivity index (χ4n) is 3.76. The van der Waals surface area contributed by atoms with E-state index in [0.717, 1.165) is 15.2 Å². The van der Waals surface area contributed by atoms with E-state index in [4.69, 9.17) is 0 Å². The lowest BCUT2D eigenvalue weighted by Crippen LogP contribution is -2.34. The van der Waals surface area contributed by atoms with Gasteiger partial charge in [-0.2, -0.15) is 0 Å². The summed E-state index contributed by atoms with van der Waals surface area (Å²) in [6, 6.07) is 12.6. The molecule has 0 bridgehead atoms. The number of imide groups is 1. The minimum absolute atomic E-state index is 0.0177. The standard InChI is InChI=1S/C24H23N3O5S/c1-15-7-12-19(25-33(31,32)18-10-8-16(9-11-18)24(2,3)4)21-20(15)22(28)27(23(21)29)17-6-5-13-26(30)14-17/h5-14H,1-4H3,(H-,25,29,30)/p+1. The van der Waals surface area contributed by atoms with Crippen molar-refractivity contribution in [2.24, 2.45) is 0 Å². The third kappa shape index (κ3) is 3.95. The van der Waals surface area contributed by atoms with Crippen LogP contribution in [0.15, 0.2) is 65.8 Å². The number of carbonyl (C=O) groups excluding carboxylic acids is 2. The molecule has 2 aromatic carbocycles. The molecule has 0 radical (unpaired) electrons. The van der Waals surface area contributed by atoms with Crippen molar-refractivity contribution in [2.45, 2.75) is 38.0 Å². The smallest absolute Gasteiger partial charge is 0.268 e. The van der Waals surface area contributed by atoms with Crippen LogP contribution in [-0.4, -0.2) is 25.4 Å². The minimum atomic E-state index is -4.02. The molecule has 0 fully saturated rings. The van der Waals surface area contributed by atoms with Gasteiger partial charge in [0.15, 0.2) is 0 Å². The number of rotatable bonds is 4. The lowest BCUT2D eigenvalue weighted by Gasteiger charge is -2.19. The summed E-state index contributed by atoms with van der Waals surface area (Å²) in [5, 5.41) is 9.70. The first-order chi connectivity index (χ1) is 15.4. The molecular weight excluding hydrogens is 442 g/mol. The number of fused-ring (bicyclic) bond motifs is 1. The van der Waals surface area contributed by atoms with Crippen molar-refractivity contribution in [1.82, 2.24) is 0 Å². The zero-order valence-corrected chi connectivity index (χ0v) is 19.5. The number of pyridine rings is 1. The molecule has 2 N–H and O–H groups in total. The summed E-state index contributed by atoms with van der Waals surface area (Å²) in [5.41, 5.74) is 1.67. The Bertz CT molecular complexity index is 1390. The molecular formula is C24H24N3O5S+. The van der Waals surface area contributed by atoms with Gasteiger partial charge >= 0.3 is 0 Å². The minimum Gasteiger partial charge on any atom is -0.285 e. The van der Waals surface area contributed by atoms with E-state index in [2.05, 4.69) is 4.72 Å². The van der Waals surface area contributed by atoms with Crippen LogP contribution in [0.4, 0.5) is 11.4 Å². The van der Waals surface area contributed by atoms with Crippen molar-refractivity contribution < 1.29 is 27.9 Å². The quantitative estimate of drug-likeness (QED) is 0.348. The molecule has 3 aromatic rings. The highest BCUT2D eigenvalue weighted by molar-refractivity contribution is 7.92. The van der Waals surface area contributed by atoms with Crippen LogP contribution in [0.3, 0.4) is 0 Å². The van der Waals surface area contributed by atoms with Crippen molar-refractivity contribution in [3.8, 4) is 0 Å². The molecule has 8 nitrogen and oxygen atoms in total. The van der Waals surface area contributed by atoms with Gasteiger partial charge in [0.1, 0.15) is 5.69 Å². The van der Waals surface area contributed by atoms with E-state index in [1.165, 1.54) is 42.7 Å². The fourth-order valence-corrected chi connectivity index (χ4v) is 4.83. The first kappa shape index (κ1) is 22.5. The van der Waals surface area contributed by atoms with Crippen molar-refractivity contribution in [2.75, 3.05) is 9.62 Å². The molecule has 0 aliphatic carbocycles. The van der Waals surface area contributed by atoms with E-state index in [1.807, 2.05) is 20.8 Å². The van der Waals surface area contributed by atoms with E-state index in [0.29, 0.717) is 5.56 Å². The van der Waals surface area contributed by atoms with E-state index < -0.39 is 21.8 Å². The fraction of sp³-hybridized carbons (Fsp3) is 0.208. The number of amides is 2. The normalized spacial score (nSPS) is 13.9. The Morgan fingerprint density at radius 1 is 0.939 bits per heavy atom. The Hall–Kier alpha value is -3.72. The highest BCUT2D eigenvalue weighted by Gasteiger charge is 2.41. The zero-order valence-electron chi connectivity index (χ0n) is 18.7. The summed E-state index contributed by atoms with van der Waals surface area (Å²) in [7, 11) is -4.02. The molecule has 9 heteroatoms. The average Bonchev–Trinajstić information content (AvgIpc) is 3.01. The maximum Gasteiger partial charge on any atom is 0.268 e. The summed E-state index contributed by atoms with van der Waals surface area (Å²) < 4.78 is 29.4. The largest absolute Gasteiger partial charge is 0.285 e. The number of nitrogens with one attached hydrogen (secondary N) is 1. The topological polar surface area (TPSA) is 108 Å². The Labute approximate surface area is 192 Å². The number of anilines is 2. The highest BCUT2D eigenvalue weighted by Crippen LogP contribution is 2.35. The molecule has 2 amide bonds. The van der Waals surface area contributed by atoms with Crippen LogP contribution >= 0.6 is 0 Å². The number of nitrogens with zero attached hydrogens (tertiary/aromatic N) is 2. The number of hydrogen-bond donors (Lipinski definition) is 2. The van der Waals surface area contributed by atoms with Crippen molar-refractivity contribution in [3.05, 3.63) is 83.2 Å². The Balaban J connectivity index is 1.74. The van der Waals surface area contributed by atoms with Gasteiger partial charge in [-0.3, -0.25) is 19.5 Å². The van der Waals surface area contributed by atoms with Gasteiger partial charge in [0.05, 0.1) is 21.7 Å². The monoisotopic (exact) mass is 466 g/mol.